The molecule has 2 atom stereocenters. The van der Waals surface area contributed by atoms with Gasteiger partial charge in [-0.25, -0.2) is 0 Å². The van der Waals surface area contributed by atoms with Gasteiger partial charge < -0.3 is 4.74 Å². The Balaban J connectivity index is 1.71. The van der Waals surface area contributed by atoms with Crippen molar-refractivity contribution in [2.24, 2.45) is 17.8 Å². The van der Waals surface area contributed by atoms with E-state index >= 15 is 0 Å². The van der Waals surface area contributed by atoms with Crippen LogP contribution in [0.1, 0.15) is 38.5 Å². The van der Waals surface area contributed by atoms with E-state index in [9.17, 15) is 4.79 Å². The van der Waals surface area contributed by atoms with Crippen LogP contribution in [0.5, 0.6) is 0 Å². The number of methoxy groups -OCH3 is 1. The smallest absolute Gasteiger partial charge is 0.308 e. The SMILES string of the molecule is COC(=O)C1CC1CC1CCCC1. The molecule has 0 bridgehead atoms. The number of carbonyl (C=O) groups is 1. The van der Waals surface area contributed by atoms with Crippen LogP contribution in [0.2, 0.25) is 0 Å². The molecule has 0 aromatic rings. The molecule has 0 N–H and O–H groups in total. The first-order chi connectivity index (χ1) is 6.31. The van der Waals surface area contributed by atoms with Gasteiger partial charge in [0, 0.05) is 0 Å². The quantitative estimate of drug-likeness (QED) is 0.626. The summed E-state index contributed by atoms with van der Waals surface area (Å²) in [5.41, 5.74) is 0. The zero-order chi connectivity index (χ0) is 9.26. The summed E-state index contributed by atoms with van der Waals surface area (Å²) >= 11 is 0. The van der Waals surface area contributed by atoms with Crippen molar-refractivity contribution < 1.29 is 9.53 Å². The summed E-state index contributed by atoms with van der Waals surface area (Å²) in [5, 5.41) is 0. The van der Waals surface area contributed by atoms with Crippen molar-refractivity contribution in [3.05, 3.63) is 0 Å². The van der Waals surface area contributed by atoms with E-state index in [0.717, 1.165) is 12.3 Å². The Morgan fingerprint density at radius 1 is 1.38 bits per heavy atom. The molecule has 2 rings (SSSR count). The van der Waals surface area contributed by atoms with Crippen LogP contribution in [-0.4, -0.2) is 13.1 Å². The molecule has 2 aliphatic rings. The van der Waals surface area contributed by atoms with E-state index in [0.29, 0.717) is 5.92 Å². The maximum Gasteiger partial charge on any atom is 0.308 e. The molecular weight excluding hydrogens is 164 g/mol. The van der Waals surface area contributed by atoms with Crippen LogP contribution in [0.25, 0.3) is 0 Å². The summed E-state index contributed by atoms with van der Waals surface area (Å²) in [7, 11) is 1.49. The minimum atomic E-state index is 0.0167. The summed E-state index contributed by atoms with van der Waals surface area (Å²) in [5.74, 6) is 1.85. The average molecular weight is 182 g/mol. The van der Waals surface area contributed by atoms with E-state index in [-0.39, 0.29) is 11.9 Å². The Hall–Kier alpha value is -0.530. The number of hydrogen-bond donors (Lipinski definition) is 0. The highest BCUT2D eigenvalue weighted by Crippen LogP contribution is 2.46. The molecule has 2 fully saturated rings. The fourth-order valence-electron chi connectivity index (χ4n) is 2.62. The molecule has 13 heavy (non-hydrogen) atoms. The molecular formula is C11H18O2. The maximum atomic E-state index is 11.1. The molecule has 0 saturated heterocycles. The predicted molar refractivity (Wildman–Crippen MR) is 50.2 cm³/mol. The highest BCUT2D eigenvalue weighted by Gasteiger charge is 2.44. The van der Waals surface area contributed by atoms with Crippen molar-refractivity contribution in [2.45, 2.75) is 38.5 Å². The number of hydrogen-bond acceptors (Lipinski definition) is 2. The first kappa shape index (κ1) is 9.04. The van der Waals surface area contributed by atoms with Crippen LogP contribution < -0.4 is 0 Å². The number of ether oxygens (including phenoxy) is 1. The minimum absolute atomic E-state index is 0.0167. The predicted octanol–water partition coefficient (Wildman–Crippen LogP) is 2.38. The zero-order valence-corrected chi connectivity index (χ0v) is 8.29. The van der Waals surface area contributed by atoms with Gasteiger partial charge in [-0.15, -0.1) is 0 Å². The van der Waals surface area contributed by atoms with Gasteiger partial charge in [0.25, 0.3) is 0 Å². The molecule has 2 unspecified atom stereocenters. The van der Waals surface area contributed by atoms with Crippen LogP contribution in [-0.2, 0) is 9.53 Å². The Morgan fingerprint density at radius 3 is 2.69 bits per heavy atom. The van der Waals surface area contributed by atoms with Gasteiger partial charge in [0.15, 0.2) is 0 Å². The van der Waals surface area contributed by atoms with E-state index in [2.05, 4.69) is 0 Å². The van der Waals surface area contributed by atoms with Gasteiger partial charge in [0.2, 0.25) is 0 Å². The fourth-order valence-corrected chi connectivity index (χ4v) is 2.62. The average Bonchev–Trinajstić information content (AvgIpc) is 2.69. The van der Waals surface area contributed by atoms with Gasteiger partial charge in [-0.1, -0.05) is 25.7 Å². The molecule has 0 aromatic heterocycles. The van der Waals surface area contributed by atoms with Gasteiger partial charge in [0.05, 0.1) is 13.0 Å². The van der Waals surface area contributed by atoms with E-state index in [4.69, 9.17) is 4.74 Å². The highest BCUT2D eigenvalue weighted by molar-refractivity contribution is 5.75. The minimum Gasteiger partial charge on any atom is -0.469 e. The van der Waals surface area contributed by atoms with Crippen molar-refractivity contribution in [1.82, 2.24) is 0 Å². The lowest BCUT2D eigenvalue weighted by molar-refractivity contribution is -0.142. The van der Waals surface area contributed by atoms with Gasteiger partial charge in [-0.05, 0) is 24.7 Å². The fraction of sp³-hybridized carbons (Fsp3) is 0.909. The topological polar surface area (TPSA) is 26.3 Å². The third kappa shape index (κ3) is 2.04. The first-order valence-electron chi connectivity index (χ1n) is 5.39. The summed E-state index contributed by atoms with van der Waals surface area (Å²) in [6.45, 7) is 0. The van der Waals surface area contributed by atoms with E-state index in [1.54, 1.807) is 0 Å². The van der Waals surface area contributed by atoms with E-state index in [1.807, 2.05) is 0 Å². The zero-order valence-electron chi connectivity index (χ0n) is 8.29. The van der Waals surface area contributed by atoms with E-state index in [1.165, 1.54) is 39.2 Å². The molecule has 0 aliphatic heterocycles. The highest BCUT2D eigenvalue weighted by atomic mass is 16.5. The number of esters is 1. The first-order valence-corrected chi connectivity index (χ1v) is 5.39. The molecule has 0 radical (unpaired) electrons. The summed E-state index contributed by atoms with van der Waals surface area (Å²) in [4.78, 5) is 11.1. The van der Waals surface area contributed by atoms with Gasteiger partial charge in [-0.3, -0.25) is 4.79 Å². The standard InChI is InChI=1S/C11H18O2/c1-13-11(12)10-7-9(10)6-8-4-2-3-5-8/h8-10H,2-7H2,1H3. The molecule has 2 saturated carbocycles. The van der Waals surface area contributed by atoms with Crippen molar-refractivity contribution in [1.29, 1.82) is 0 Å². The molecule has 2 aliphatic carbocycles. The largest absolute Gasteiger partial charge is 0.469 e. The lowest BCUT2D eigenvalue weighted by Crippen LogP contribution is -2.06. The molecule has 2 heteroatoms. The molecule has 0 amide bonds. The Morgan fingerprint density at radius 2 is 2.08 bits per heavy atom. The second-order valence-electron chi connectivity index (χ2n) is 4.51. The van der Waals surface area contributed by atoms with Crippen LogP contribution >= 0.6 is 0 Å². The molecule has 0 spiro atoms. The third-order valence-electron chi connectivity index (χ3n) is 3.54. The second kappa shape index (κ2) is 3.69. The van der Waals surface area contributed by atoms with Crippen LogP contribution in [0.3, 0.4) is 0 Å². The molecule has 0 aromatic carbocycles. The molecule has 2 nitrogen and oxygen atoms in total. The lowest BCUT2D eigenvalue weighted by atomic mass is 10.00. The lowest BCUT2D eigenvalue weighted by Gasteiger charge is -2.06. The van der Waals surface area contributed by atoms with Crippen molar-refractivity contribution in [2.75, 3.05) is 7.11 Å². The number of carbonyl (C=O) groups excluding carboxylic acids is 1. The van der Waals surface area contributed by atoms with Crippen LogP contribution in [0.4, 0.5) is 0 Å². The summed E-state index contributed by atoms with van der Waals surface area (Å²) in [6.07, 6.45) is 7.96. The normalized spacial score (nSPS) is 33.3. The van der Waals surface area contributed by atoms with Crippen molar-refractivity contribution in [3.8, 4) is 0 Å². The molecule has 0 heterocycles. The van der Waals surface area contributed by atoms with Crippen LogP contribution in [0, 0.1) is 17.8 Å². The van der Waals surface area contributed by atoms with Gasteiger partial charge in [0.1, 0.15) is 0 Å². The van der Waals surface area contributed by atoms with Crippen molar-refractivity contribution >= 4 is 5.97 Å². The second-order valence-corrected chi connectivity index (χ2v) is 4.51. The monoisotopic (exact) mass is 182 g/mol. The van der Waals surface area contributed by atoms with E-state index < -0.39 is 0 Å². The molecule has 74 valence electrons. The van der Waals surface area contributed by atoms with Crippen molar-refractivity contribution in [3.63, 3.8) is 0 Å². The Kier molecular flexibility index (Phi) is 2.56. The summed E-state index contributed by atoms with van der Waals surface area (Å²) in [6, 6.07) is 0. The third-order valence-corrected chi connectivity index (χ3v) is 3.54. The van der Waals surface area contributed by atoms with Crippen LogP contribution in [0.15, 0.2) is 0 Å². The van der Waals surface area contributed by atoms with Gasteiger partial charge >= 0.3 is 5.97 Å². The summed E-state index contributed by atoms with van der Waals surface area (Å²) < 4.78 is 4.73. The Bertz CT molecular complexity index is 194. The maximum absolute atomic E-state index is 11.1. The van der Waals surface area contributed by atoms with Gasteiger partial charge in [-0.2, -0.15) is 0 Å². The Labute approximate surface area is 79.7 Å². The number of rotatable bonds is 3.